The van der Waals surface area contributed by atoms with Gasteiger partial charge in [0.15, 0.2) is 5.13 Å². The average molecular weight is 263 g/mol. The van der Waals surface area contributed by atoms with Crippen molar-refractivity contribution >= 4 is 32.4 Å². The molecule has 96 valence electrons. The van der Waals surface area contributed by atoms with Crippen molar-refractivity contribution in [2.75, 3.05) is 17.7 Å². The lowest BCUT2D eigenvalue weighted by Gasteiger charge is -2.35. The van der Waals surface area contributed by atoms with E-state index >= 15 is 0 Å². The Morgan fingerprint density at radius 2 is 2.33 bits per heavy atom. The van der Waals surface area contributed by atoms with Crippen molar-refractivity contribution in [1.29, 1.82) is 0 Å². The van der Waals surface area contributed by atoms with Crippen LogP contribution in [0.4, 0.5) is 10.8 Å². The molecule has 0 saturated heterocycles. The molecule has 4 nitrogen and oxygen atoms in total. The molecule has 1 saturated carbocycles. The monoisotopic (exact) mass is 263 g/mol. The van der Waals surface area contributed by atoms with Crippen LogP contribution in [-0.4, -0.2) is 23.7 Å². The summed E-state index contributed by atoms with van der Waals surface area (Å²) in [6.45, 7) is 2.84. The van der Waals surface area contributed by atoms with Gasteiger partial charge in [-0.25, -0.2) is 4.98 Å². The Morgan fingerprint density at radius 1 is 1.50 bits per heavy atom. The summed E-state index contributed by atoms with van der Waals surface area (Å²) in [4.78, 5) is 4.56. The summed E-state index contributed by atoms with van der Waals surface area (Å²) in [6.07, 6.45) is 2.58. The fraction of sp³-hybridized carbons (Fsp3) is 0.462. The fourth-order valence-corrected chi connectivity index (χ4v) is 3.22. The van der Waals surface area contributed by atoms with Gasteiger partial charge < -0.3 is 15.8 Å². The Balaban J connectivity index is 1.65. The van der Waals surface area contributed by atoms with Crippen molar-refractivity contribution in [3.05, 3.63) is 18.2 Å². The SMILES string of the molecule is CCOC1CC(Nc2nc3ccc(N)cc3s2)C1. The number of thiazole rings is 1. The van der Waals surface area contributed by atoms with E-state index in [4.69, 9.17) is 10.5 Å². The summed E-state index contributed by atoms with van der Waals surface area (Å²) in [5.41, 5.74) is 7.57. The molecule has 0 aliphatic heterocycles. The van der Waals surface area contributed by atoms with Crippen molar-refractivity contribution in [3.63, 3.8) is 0 Å². The number of fused-ring (bicyclic) bond motifs is 1. The Hall–Kier alpha value is -1.33. The maximum Gasteiger partial charge on any atom is 0.184 e. The maximum absolute atomic E-state index is 5.77. The number of hydrogen-bond acceptors (Lipinski definition) is 5. The van der Waals surface area contributed by atoms with Gasteiger partial charge in [-0.1, -0.05) is 11.3 Å². The quantitative estimate of drug-likeness (QED) is 0.833. The molecule has 1 aliphatic rings. The molecule has 3 N–H and O–H groups in total. The minimum absolute atomic E-state index is 0.428. The van der Waals surface area contributed by atoms with Crippen molar-refractivity contribution in [2.24, 2.45) is 0 Å². The van der Waals surface area contributed by atoms with Crippen LogP contribution >= 0.6 is 11.3 Å². The number of ether oxygens (including phenoxy) is 1. The van der Waals surface area contributed by atoms with Crippen LogP contribution in [0.15, 0.2) is 18.2 Å². The third-order valence-electron chi connectivity index (χ3n) is 3.24. The molecule has 3 rings (SSSR count). The highest BCUT2D eigenvalue weighted by Crippen LogP contribution is 2.31. The smallest absolute Gasteiger partial charge is 0.184 e. The second kappa shape index (κ2) is 4.74. The second-order valence-electron chi connectivity index (χ2n) is 4.64. The highest BCUT2D eigenvalue weighted by molar-refractivity contribution is 7.22. The van der Waals surface area contributed by atoms with Crippen LogP contribution in [0.3, 0.4) is 0 Å². The van der Waals surface area contributed by atoms with E-state index in [1.807, 2.05) is 25.1 Å². The molecule has 1 aromatic heterocycles. The lowest BCUT2D eigenvalue weighted by molar-refractivity contribution is 0.00299. The highest BCUT2D eigenvalue weighted by Gasteiger charge is 2.29. The van der Waals surface area contributed by atoms with Gasteiger partial charge in [0.2, 0.25) is 0 Å². The Kier molecular flexibility index (Phi) is 3.09. The summed E-state index contributed by atoms with van der Waals surface area (Å²) in [5.74, 6) is 0. The number of anilines is 2. The van der Waals surface area contributed by atoms with Crippen LogP contribution in [-0.2, 0) is 4.74 Å². The Morgan fingerprint density at radius 3 is 3.11 bits per heavy atom. The highest BCUT2D eigenvalue weighted by atomic mass is 32.1. The van der Waals surface area contributed by atoms with Gasteiger partial charge in [-0.15, -0.1) is 0 Å². The van der Waals surface area contributed by atoms with E-state index in [0.717, 1.165) is 40.5 Å². The summed E-state index contributed by atoms with van der Waals surface area (Å²) >= 11 is 1.66. The number of nitrogen functional groups attached to an aromatic ring is 1. The fourth-order valence-electron chi connectivity index (χ4n) is 2.23. The molecule has 1 heterocycles. The largest absolute Gasteiger partial charge is 0.399 e. The molecule has 0 atom stereocenters. The van der Waals surface area contributed by atoms with E-state index in [-0.39, 0.29) is 0 Å². The molecule has 5 heteroatoms. The van der Waals surface area contributed by atoms with Gasteiger partial charge in [0, 0.05) is 18.3 Å². The van der Waals surface area contributed by atoms with Gasteiger partial charge >= 0.3 is 0 Å². The molecule has 1 aromatic carbocycles. The molecule has 0 spiro atoms. The molecule has 18 heavy (non-hydrogen) atoms. The minimum Gasteiger partial charge on any atom is -0.399 e. The molecule has 1 fully saturated rings. The van der Waals surface area contributed by atoms with Gasteiger partial charge in [0.25, 0.3) is 0 Å². The number of nitrogens with one attached hydrogen (secondary N) is 1. The van der Waals surface area contributed by atoms with Gasteiger partial charge in [-0.3, -0.25) is 0 Å². The molecule has 0 amide bonds. The van der Waals surface area contributed by atoms with Crippen LogP contribution in [0.25, 0.3) is 10.2 Å². The first kappa shape index (κ1) is 11.7. The number of aromatic nitrogens is 1. The van der Waals surface area contributed by atoms with E-state index in [9.17, 15) is 0 Å². The molecule has 2 aromatic rings. The minimum atomic E-state index is 0.428. The van der Waals surface area contributed by atoms with Crippen molar-refractivity contribution in [2.45, 2.75) is 31.9 Å². The summed E-state index contributed by atoms with van der Waals surface area (Å²) in [5, 5.41) is 4.44. The predicted molar refractivity (Wildman–Crippen MR) is 76.1 cm³/mol. The zero-order chi connectivity index (χ0) is 12.5. The van der Waals surface area contributed by atoms with E-state index in [2.05, 4.69) is 10.3 Å². The zero-order valence-corrected chi connectivity index (χ0v) is 11.2. The van der Waals surface area contributed by atoms with Crippen LogP contribution in [0.2, 0.25) is 0 Å². The average Bonchev–Trinajstić information content (AvgIpc) is 2.68. The third-order valence-corrected chi connectivity index (χ3v) is 4.19. The van der Waals surface area contributed by atoms with Crippen molar-refractivity contribution in [3.8, 4) is 0 Å². The van der Waals surface area contributed by atoms with Crippen molar-refractivity contribution in [1.82, 2.24) is 4.98 Å². The van der Waals surface area contributed by atoms with Crippen LogP contribution < -0.4 is 11.1 Å². The number of hydrogen-bond donors (Lipinski definition) is 2. The Bertz CT molecular complexity index is 548. The molecule has 0 bridgehead atoms. The number of benzene rings is 1. The summed E-state index contributed by atoms with van der Waals surface area (Å²) in [7, 11) is 0. The van der Waals surface area contributed by atoms with Gasteiger partial charge in [-0.2, -0.15) is 0 Å². The zero-order valence-electron chi connectivity index (χ0n) is 10.3. The molecule has 0 radical (unpaired) electrons. The number of nitrogens with zero attached hydrogens (tertiary/aromatic N) is 1. The predicted octanol–water partition coefficient (Wildman–Crippen LogP) is 2.86. The van der Waals surface area contributed by atoms with Crippen LogP contribution in [0.1, 0.15) is 19.8 Å². The maximum atomic E-state index is 5.77. The van der Waals surface area contributed by atoms with E-state index in [0.29, 0.717) is 12.1 Å². The van der Waals surface area contributed by atoms with Crippen LogP contribution in [0, 0.1) is 0 Å². The first-order valence-corrected chi connectivity index (χ1v) is 7.10. The molecule has 1 aliphatic carbocycles. The van der Waals surface area contributed by atoms with Gasteiger partial charge in [0.05, 0.1) is 16.3 Å². The van der Waals surface area contributed by atoms with Crippen molar-refractivity contribution < 1.29 is 4.74 Å². The van der Waals surface area contributed by atoms with E-state index in [1.54, 1.807) is 11.3 Å². The third kappa shape index (κ3) is 2.28. The standard InChI is InChI=1S/C13H17N3OS/c1-2-17-10-6-9(7-10)15-13-16-11-4-3-8(14)5-12(11)18-13/h3-5,9-10H,2,6-7,14H2,1H3,(H,15,16). The first-order valence-electron chi connectivity index (χ1n) is 6.29. The van der Waals surface area contributed by atoms with Gasteiger partial charge in [-0.05, 0) is 38.0 Å². The first-order chi connectivity index (χ1) is 8.74. The Labute approximate surface area is 110 Å². The number of nitrogens with two attached hydrogens (primary N) is 1. The molecule has 0 unspecified atom stereocenters. The molecular weight excluding hydrogens is 246 g/mol. The topological polar surface area (TPSA) is 60.2 Å². The summed E-state index contributed by atoms with van der Waals surface area (Å²) < 4.78 is 6.68. The lowest BCUT2D eigenvalue weighted by atomic mass is 9.89. The number of rotatable bonds is 4. The molecular formula is C13H17N3OS. The van der Waals surface area contributed by atoms with Gasteiger partial charge in [0.1, 0.15) is 0 Å². The summed E-state index contributed by atoms with van der Waals surface area (Å²) in [6, 6.07) is 6.33. The van der Waals surface area contributed by atoms with E-state index < -0.39 is 0 Å². The lowest BCUT2D eigenvalue weighted by Crippen LogP contribution is -2.40. The van der Waals surface area contributed by atoms with E-state index in [1.165, 1.54) is 0 Å². The van der Waals surface area contributed by atoms with Crippen LogP contribution in [0.5, 0.6) is 0 Å². The normalized spacial score (nSPS) is 22.9. The second-order valence-corrected chi connectivity index (χ2v) is 5.67.